The van der Waals surface area contributed by atoms with Crippen molar-refractivity contribution in [3.05, 3.63) is 0 Å². The molecular formula is C15H24ClNO2. The van der Waals surface area contributed by atoms with Crippen molar-refractivity contribution < 1.29 is 9.53 Å². The third kappa shape index (κ3) is 2.64. The summed E-state index contributed by atoms with van der Waals surface area (Å²) in [5.41, 5.74) is -0.273. The number of morpholine rings is 1. The molecule has 1 aliphatic heterocycles. The van der Waals surface area contributed by atoms with E-state index in [4.69, 9.17) is 16.3 Å². The molecule has 0 aromatic rings. The van der Waals surface area contributed by atoms with Crippen LogP contribution < -0.4 is 0 Å². The van der Waals surface area contributed by atoms with Crippen molar-refractivity contribution in [3.63, 3.8) is 0 Å². The molecule has 0 aromatic heterocycles. The summed E-state index contributed by atoms with van der Waals surface area (Å²) in [7, 11) is 0. The third-order valence-electron chi connectivity index (χ3n) is 5.02. The minimum atomic E-state index is -0.273. The van der Waals surface area contributed by atoms with E-state index < -0.39 is 0 Å². The van der Waals surface area contributed by atoms with Crippen LogP contribution in [0.3, 0.4) is 0 Å². The maximum Gasteiger partial charge on any atom is 0.226 e. The topological polar surface area (TPSA) is 29.5 Å². The number of carbonyl (C=O) groups excluding carboxylic acids is 1. The second kappa shape index (κ2) is 4.92. The molecule has 19 heavy (non-hydrogen) atoms. The first-order valence-electron chi connectivity index (χ1n) is 7.51. The van der Waals surface area contributed by atoms with Gasteiger partial charge < -0.3 is 9.64 Å². The van der Waals surface area contributed by atoms with Crippen molar-refractivity contribution in [1.29, 1.82) is 0 Å². The van der Waals surface area contributed by atoms with E-state index in [-0.39, 0.29) is 17.6 Å². The number of rotatable bonds is 2. The molecule has 4 atom stereocenters. The number of hydrogen-bond donors (Lipinski definition) is 0. The quantitative estimate of drug-likeness (QED) is 0.730. The average Bonchev–Trinajstić information content (AvgIpc) is 2.98. The highest BCUT2D eigenvalue weighted by molar-refractivity contribution is 6.18. The molecule has 4 unspecified atom stereocenters. The summed E-state index contributed by atoms with van der Waals surface area (Å²) < 4.78 is 5.90. The first kappa shape index (κ1) is 13.7. The van der Waals surface area contributed by atoms with Crippen LogP contribution in [-0.2, 0) is 9.53 Å². The van der Waals surface area contributed by atoms with Gasteiger partial charge in [0.15, 0.2) is 0 Å². The number of amides is 1. The number of carbonyl (C=O) groups is 1. The van der Waals surface area contributed by atoms with Crippen molar-refractivity contribution in [2.24, 2.45) is 17.8 Å². The van der Waals surface area contributed by atoms with Gasteiger partial charge in [0.2, 0.25) is 5.91 Å². The smallest absolute Gasteiger partial charge is 0.226 e. The van der Waals surface area contributed by atoms with E-state index in [0.717, 1.165) is 12.3 Å². The Morgan fingerprint density at radius 3 is 2.74 bits per heavy atom. The Kier molecular flexibility index (Phi) is 3.55. The van der Waals surface area contributed by atoms with Crippen LogP contribution in [0.4, 0.5) is 0 Å². The summed E-state index contributed by atoms with van der Waals surface area (Å²) in [6.07, 6.45) is 4.98. The minimum absolute atomic E-state index is 0.0204. The Balaban J connectivity index is 1.69. The van der Waals surface area contributed by atoms with Gasteiger partial charge in [-0.05, 0) is 44.9 Å². The molecule has 3 fully saturated rings. The maximum absolute atomic E-state index is 12.8. The van der Waals surface area contributed by atoms with Gasteiger partial charge in [0.25, 0.3) is 0 Å². The number of alkyl halides is 1. The summed E-state index contributed by atoms with van der Waals surface area (Å²) in [5, 5.41) is 0. The maximum atomic E-state index is 12.8. The lowest BCUT2D eigenvalue weighted by atomic mass is 9.87. The van der Waals surface area contributed by atoms with Crippen molar-refractivity contribution in [3.8, 4) is 0 Å². The monoisotopic (exact) mass is 285 g/mol. The van der Waals surface area contributed by atoms with Gasteiger partial charge in [-0.1, -0.05) is 6.42 Å². The standard InChI is InChI=1S/C15H24ClNO2/c1-15(2)9-17(8-12(7-16)19-15)14(18)13-6-10-3-4-11(13)5-10/h10-13H,3-9H2,1-2H3. The average molecular weight is 286 g/mol. The van der Waals surface area contributed by atoms with Crippen molar-refractivity contribution in [2.45, 2.75) is 51.2 Å². The first-order chi connectivity index (χ1) is 8.98. The SMILES string of the molecule is CC1(C)CN(C(=O)C2CC3CCC2C3)CC(CCl)O1. The number of halogens is 1. The fourth-order valence-corrected chi connectivity index (χ4v) is 4.49. The second-order valence-electron chi connectivity index (χ2n) is 7.15. The predicted octanol–water partition coefficient (Wildman–Crippen LogP) is 2.67. The molecule has 2 bridgehead atoms. The molecule has 3 rings (SSSR count). The van der Waals surface area contributed by atoms with Crippen LogP contribution >= 0.6 is 11.6 Å². The number of ether oxygens (including phenoxy) is 1. The van der Waals surface area contributed by atoms with Gasteiger partial charge >= 0.3 is 0 Å². The predicted molar refractivity (Wildman–Crippen MR) is 75.2 cm³/mol. The molecule has 2 aliphatic carbocycles. The fourth-order valence-electron chi connectivity index (χ4n) is 4.33. The Hall–Kier alpha value is -0.280. The van der Waals surface area contributed by atoms with Crippen LogP contribution in [0.15, 0.2) is 0 Å². The van der Waals surface area contributed by atoms with Crippen LogP contribution in [0.1, 0.15) is 39.5 Å². The van der Waals surface area contributed by atoms with Crippen molar-refractivity contribution in [1.82, 2.24) is 4.90 Å². The molecule has 0 radical (unpaired) electrons. The molecule has 1 heterocycles. The number of nitrogens with zero attached hydrogens (tertiary/aromatic N) is 1. The van der Waals surface area contributed by atoms with E-state index in [0.29, 0.717) is 30.8 Å². The van der Waals surface area contributed by atoms with E-state index >= 15 is 0 Å². The molecule has 4 heteroatoms. The van der Waals surface area contributed by atoms with E-state index in [1.54, 1.807) is 0 Å². The van der Waals surface area contributed by atoms with E-state index in [9.17, 15) is 4.79 Å². The molecule has 0 spiro atoms. The molecular weight excluding hydrogens is 262 g/mol. The Morgan fingerprint density at radius 1 is 1.37 bits per heavy atom. The highest BCUT2D eigenvalue weighted by atomic mass is 35.5. The largest absolute Gasteiger partial charge is 0.367 e. The van der Waals surface area contributed by atoms with Crippen LogP contribution in [0.5, 0.6) is 0 Å². The highest BCUT2D eigenvalue weighted by Gasteiger charge is 2.46. The highest BCUT2D eigenvalue weighted by Crippen LogP contribution is 2.49. The zero-order valence-electron chi connectivity index (χ0n) is 11.9. The van der Waals surface area contributed by atoms with Crippen LogP contribution in [0.25, 0.3) is 0 Å². The summed E-state index contributed by atoms with van der Waals surface area (Å²) >= 11 is 5.94. The fraction of sp³-hybridized carbons (Fsp3) is 0.933. The molecule has 1 amide bonds. The lowest BCUT2D eigenvalue weighted by Crippen LogP contribution is -2.56. The number of hydrogen-bond acceptors (Lipinski definition) is 2. The minimum Gasteiger partial charge on any atom is -0.367 e. The Bertz CT molecular complexity index is 371. The van der Waals surface area contributed by atoms with Gasteiger partial charge in [-0.2, -0.15) is 0 Å². The molecule has 1 saturated heterocycles. The zero-order valence-corrected chi connectivity index (χ0v) is 12.7. The van der Waals surface area contributed by atoms with Crippen molar-refractivity contribution >= 4 is 17.5 Å². The van der Waals surface area contributed by atoms with Gasteiger partial charge in [-0.25, -0.2) is 0 Å². The molecule has 3 nitrogen and oxygen atoms in total. The normalized spacial score (nSPS) is 40.7. The molecule has 0 N–H and O–H groups in total. The lowest BCUT2D eigenvalue weighted by molar-refractivity contribution is -0.162. The third-order valence-corrected chi connectivity index (χ3v) is 5.36. The van der Waals surface area contributed by atoms with Gasteiger partial charge in [-0.3, -0.25) is 4.79 Å². The van der Waals surface area contributed by atoms with E-state index in [1.165, 1.54) is 19.3 Å². The number of fused-ring (bicyclic) bond motifs is 2. The molecule has 0 aromatic carbocycles. The second-order valence-corrected chi connectivity index (χ2v) is 7.46. The van der Waals surface area contributed by atoms with Crippen LogP contribution in [0.2, 0.25) is 0 Å². The van der Waals surface area contributed by atoms with Gasteiger partial charge in [-0.15, -0.1) is 11.6 Å². The summed E-state index contributed by atoms with van der Waals surface area (Å²) in [6.45, 7) is 5.46. The Labute approximate surface area is 120 Å². The van der Waals surface area contributed by atoms with Crippen LogP contribution in [0, 0.1) is 17.8 Å². The molecule has 3 aliphatic rings. The first-order valence-corrected chi connectivity index (χ1v) is 8.04. The van der Waals surface area contributed by atoms with Gasteiger partial charge in [0.1, 0.15) is 0 Å². The van der Waals surface area contributed by atoms with E-state index in [1.807, 2.05) is 18.7 Å². The zero-order chi connectivity index (χ0) is 13.6. The van der Waals surface area contributed by atoms with E-state index in [2.05, 4.69) is 0 Å². The summed E-state index contributed by atoms with van der Waals surface area (Å²) in [5.74, 6) is 2.57. The van der Waals surface area contributed by atoms with Gasteiger partial charge in [0.05, 0.1) is 17.6 Å². The van der Waals surface area contributed by atoms with Crippen LogP contribution in [-0.4, -0.2) is 41.5 Å². The van der Waals surface area contributed by atoms with Gasteiger partial charge in [0, 0.05) is 19.0 Å². The lowest BCUT2D eigenvalue weighted by Gasteiger charge is -2.43. The molecule has 108 valence electrons. The summed E-state index contributed by atoms with van der Waals surface area (Å²) in [6, 6.07) is 0. The summed E-state index contributed by atoms with van der Waals surface area (Å²) in [4.78, 5) is 14.8. The van der Waals surface area contributed by atoms with Crippen molar-refractivity contribution in [2.75, 3.05) is 19.0 Å². The Morgan fingerprint density at radius 2 is 2.16 bits per heavy atom. The molecule has 2 saturated carbocycles.